The first-order valence-electron chi connectivity index (χ1n) is 5.51. The van der Waals surface area contributed by atoms with Crippen molar-refractivity contribution in [2.24, 2.45) is 5.84 Å². The molecule has 2 rings (SSSR count). The predicted molar refractivity (Wildman–Crippen MR) is 71.4 cm³/mol. The van der Waals surface area contributed by atoms with E-state index in [9.17, 15) is 14.9 Å². The Labute approximate surface area is 122 Å². The van der Waals surface area contributed by atoms with Crippen LogP contribution in [0.2, 0.25) is 5.02 Å². The van der Waals surface area contributed by atoms with E-state index in [2.05, 4.69) is 25.4 Å². The van der Waals surface area contributed by atoms with E-state index in [4.69, 9.17) is 17.4 Å². The molecule has 1 heterocycles. The van der Waals surface area contributed by atoms with Gasteiger partial charge in [-0.25, -0.2) is 0 Å². The minimum atomic E-state index is -0.697. The highest BCUT2D eigenvalue weighted by Crippen LogP contribution is 2.32. The number of carbonyl (C=O) groups excluding carboxylic acids is 1. The number of rotatable bonds is 5. The van der Waals surface area contributed by atoms with E-state index in [1.807, 2.05) is 0 Å². The van der Waals surface area contributed by atoms with Gasteiger partial charge in [0.1, 0.15) is 5.69 Å². The average Bonchev–Trinajstić information content (AvgIpc) is 2.96. The van der Waals surface area contributed by atoms with Crippen molar-refractivity contribution in [2.45, 2.75) is 6.54 Å². The van der Waals surface area contributed by atoms with Gasteiger partial charge in [0.2, 0.25) is 6.39 Å². The van der Waals surface area contributed by atoms with Gasteiger partial charge in [-0.1, -0.05) is 16.8 Å². The summed E-state index contributed by atoms with van der Waals surface area (Å²) in [6.07, 6.45) is 1.12. The fourth-order valence-corrected chi connectivity index (χ4v) is 1.81. The number of hydrazine groups is 1. The molecule has 1 amide bonds. The smallest absolute Gasteiger partial charge is 0.295 e. The molecule has 4 N–H and O–H groups in total. The summed E-state index contributed by atoms with van der Waals surface area (Å²) in [5, 5.41) is 16.9. The van der Waals surface area contributed by atoms with Crippen molar-refractivity contribution in [2.75, 3.05) is 5.43 Å². The van der Waals surface area contributed by atoms with Crippen LogP contribution in [-0.4, -0.2) is 21.0 Å². The number of amides is 1. The van der Waals surface area contributed by atoms with Gasteiger partial charge >= 0.3 is 0 Å². The first-order valence-corrected chi connectivity index (χ1v) is 5.88. The molecule has 0 aliphatic rings. The number of nitro groups is 1. The van der Waals surface area contributed by atoms with Gasteiger partial charge in [-0.05, 0) is 6.07 Å². The summed E-state index contributed by atoms with van der Waals surface area (Å²) >= 11 is 5.86. The van der Waals surface area contributed by atoms with Crippen LogP contribution < -0.4 is 16.6 Å². The van der Waals surface area contributed by atoms with E-state index in [1.165, 1.54) is 6.07 Å². The Morgan fingerprint density at radius 1 is 1.52 bits per heavy atom. The lowest BCUT2D eigenvalue weighted by Crippen LogP contribution is -2.23. The zero-order valence-corrected chi connectivity index (χ0v) is 11.1. The largest absolute Gasteiger partial charge is 0.345 e. The molecule has 0 saturated carbocycles. The Hall–Kier alpha value is -2.72. The SMILES string of the molecule is NNc1c(Cl)cc(C(=O)NCc2ncon2)cc1[N+](=O)[O-]. The number of hydrogen-bond acceptors (Lipinski definition) is 8. The molecule has 10 nitrogen and oxygen atoms in total. The predicted octanol–water partition coefficient (Wildman–Crippen LogP) is 0.847. The molecule has 1 aromatic heterocycles. The molecule has 110 valence electrons. The normalized spacial score (nSPS) is 10.2. The first-order chi connectivity index (χ1) is 10.0. The van der Waals surface area contributed by atoms with Gasteiger partial charge in [-0.3, -0.25) is 20.8 Å². The Morgan fingerprint density at radius 2 is 2.29 bits per heavy atom. The summed E-state index contributed by atoms with van der Waals surface area (Å²) in [5.41, 5.74) is 1.66. The Kier molecular flexibility index (Phi) is 4.30. The van der Waals surface area contributed by atoms with E-state index < -0.39 is 16.5 Å². The first kappa shape index (κ1) is 14.7. The molecule has 0 spiro atoms. The van der Waals surface area contributed by atoms with Gasteiger partial charge in [-0.15, -0.1) is 0 Å². The van der Waals surface area contributed by atoms with Crippen LogP contribution >= 0.6 is 11.6 Å². The lowest BCUT2D eigenvalue weighted by Gasteiger charge is -2.08. The van der Waals surface area contributed by atoms with Crippen LogP contribution in [0.1, 0.15) is 16.2 Å². The van der Waals surface area contributed by atoms with E-state index in [0.29, 0.717) is 0 Å². The number of hydrogen-bond donors (Lipinski definition) is 3. The van der Waals surface area contributed by atoms with Gasteiger partial charge in [0.25, 0.3) is 11.6 Å². The summed E-state index contributed by atoms with van der Waals surface area (Å²) in [4.78, 5) is 25.9. The highest BCUT2D eigenvalue weighted by Gasteiger charge is 2.21. The summed E-state index contributed by atoms with van der Waals surface area (Å²) in [5.74, 6) is 4.86. The van der Waals surface area contributed by atoms with Gasteiger partial charge in [-0.2, -0.15) is 4.98 Å². The molecule has 2 aromatic rings. The van der Waals surface area contributed by atoms with Gasteiger partial charge < -0.3 is 15.3 Å². The lowest BCUT2D eigenvalue weighted by molar-refractivity contribution is -0.384. The zero-order valence-electron chi connectivity index (χ0n) is 10.4. The second-order valence-electron chi connectivity index (χ2n) is 3.78. The molecule has 0 radical (unpaired) electrons. The van der Waals surface area contributed by atoms with Crippen LogP contribution in [-0.2, 0) is 6.54 Å². The van der Waals surface area contributed by atoms with E-state index in [1.54, 1.807) is 0 Å². The average molecular weight is 313 g/mol. The van der Waals surface area contributed by atoms with Gasteiger partial charge in [0, 0.05) is 11.6 Å². The number of nitrogens with zero attached hydrogens (tertiary/aromatic N) is 3. The molecule has 0 fully saturated rings. The summed E-state index contributed by atoms with van der Waals surface area (Å²) in [6.45, 7) is 0.0115. The maximum absolute atomic E-state index is 11.9. The highest BCUT2D eigenvalue weighted by atomic mass is 35.5. The molecular weight excluding hydrogens is 304 g/mol. The molecule has 0 aliphatic carbocycles. The van der Waals surface area contributed by atoms with Crippen LogP contribution in [0.15, 0.2) is 23.0 Å². The Balaban J connectivity index is 2.23. The van der Waals surface area contributed by atoms with Gasteiger partial charge in [0.15, 0.2) is 5.82 Å². The van der Waals surface area contributed by atoms with Crippen LogP contribution in [0.5, 0.6) is 0 Å². The third-order valence-electron chi connectivity index (χ3n) is 2.49. The molecular formula is C10H9ClN6O4. The van der Waals surface area contributed by atoms with Crippen molar-refractivity contribution in [3.8, 4) is 0 Å². The number of nitrogens with one attached hydrogen (secondary N) is 2. The van der Waals surface area contributed by atoms with Crippen molar-refractivity contribution >= 4 is 28.9 Å². The molecule has 0 atom stereocenters. The van der Waals surface area contributed by atoms with E-state index in [0.717, 1.165) is 12.5 Å². The zero-order chi connectivity index (χ0) is 15.4. The highest BCUT2D eigenvalue weighted by molar-refractivity contribution is 6.34. The summed E-state index contributed by atoms with van der Waals surface area (Å²) in [6, 6.07) is 2.32. The van der Waals surface area contributed by atoms with Crippen LogP contribution in [0.4, 0.5) is 11.4 Å². The van der Waals surface area contributed by atoms with Crippen molar-refractivity contribution in [3.63, 3.8) is 0 Å². The second kappa shape index (κ2) is 6.15. The van der Waals surface area contributed by atoms with Crippen molar-refractivity contribution in [3.05, 3.63) is 45.1 Å². The fraction of sp³-hybridized carbons (Fsp3) is 0.100. The van der Waals surface area contributed by atoms with E-state index >= 15 is 0 Å². The Morgan fingerprint density at radius 3 is 2.86 bits per heavy atom. The number of aromatic nitrogens is 2. The minimum absolute atomic E-state index is 0.00851. The van der Waals surface area contributed by atoms with Gasteiger partial charge in [0.05, 0.1) is 16.5 Å². The number of nitro benzene ring substituents is 1. The maximum Gasteiger partial charge on any atom is 0.295 e. The number of benzene rings is 1. The number of nitrogen functional groups attached to an aromatic ring is 1. The quantitative estimate of drug-likeness (QED) is 0.417. The topological polar surface area (TPSA) is 149 Å². The number of halogens is 1. The molecule has 0 unspecified atom stereocenters. The fourth-order valence-electron chi connectivity index (χ4n) is 1.54. The molecule has 21 heavy (non-hydrogen) atoms. The number of carbonyl (C=O) groups is 1. The Bertz CT molecular complexity index is 674. The minimum Gasteiger partial charge on any atom is -0.345 e. The second-order valence-corrected chi connectivity index (χ2v) is 4.19. The number of anilines is 1. The van der Waals surface area contributed by atoms with Crippen LogP contribution in [0, 0.1) is 10.1 Å². The standard InChI is InChI=1S/C10H9ClN6O4/c11-6-1-5(2-7(17(19)20)9(6)15-12)10(18)13-3-8-14-4-21-16-8/h1-2,4,15H,3,12H2,(H,13,18). The van der Waals surface area contributed by atoms with Crippen LogP contribution in [0.25, 0.3) is 0 Å². The third-order valence-corrected chi connectivity index (χ3v) is 2.78. The lowest BCUT2D eigenvalue weighted by atomic mass is 10.1. The molecule has 0 aliphatic heterocycles. The van der Waals surface area contributed by atoms with Crippen molar-refractivity contribution in [1.29, 1.82) is 0 Å². The monoisotopic (exact) mass is 312 g/mol. The molecule has 0 saturated heterocycles. The van der Waals surface area contributed by atoms with Crippen molar-refractivity contribution < 1.29 is 14.2 Å². The third kappa shape index (κ3) is 3.24. The van der Waals surface area contributed by atoms with Crippen LogP contribution in [0.3, 0.4) is 0 Å². The van der Waals surface area contributed by atoms with E-state index in [-0.39, 0.29) is 28.6 Å². The molecule has 11 heteroatoms. The summed E-state index contributed by atoms with van der Waals surface area (Å²) < 4.78 is 4.51. The van der Waals surface area contributed by atoms with Crippen molar-refractivity contribution in [1.82, 2.24) is 15.5 Å². The number of nitrogens with two attached hydrogens (primary N) is 1. The molecule has 0 bridgehead atoms. The maximum atomic E-state index is 11.9. The summed E-state index contributed by atoms with van der Waals surface area (Å²) in [7, 11) is 0. The molecule has 1 aromatic carbocycles.